The Morgan fingerprint density at radius 3 is 3.04 bits per heavy atom. The Balaban J connectivity index is 0.00000208. The van der Waals surface area contributed by atoms with Crippen molar-refractivity contribution in [3.8, 4) is 0 Å². The minimum atomic E-state index is -1.05. The summed E-state index contributed by atoms with van der Waals surface area (Å²) in [6, 6.07) is 3.04. The molecule has 1 N–H and O–H groups in total. The first-order valence-corrected chi connectivity index (χ1v) is 8.27. The van der Waals surface area contributed by atoms with Crippen molar-refractivity contribution >= 4 is 45.2 Å². The highest BCUT2D eigenvalue weighted by Gasteiger charge is 2.29. The Bertz CT molecular complexity index is 721. The van der Waals surface area contributed by atoms with Gasteiger partial charge in [0.2, 0.25) is 6.23 Å². The highest BCUT2D eigenvalue weighted by atomic mass is 79.9. The first kappa shape index (κ1) is 19.1. The van der Waals surface area contributed by atoms with Crippen molar-refractivity contribution in [2.75, 3.05) is 13.2 Å². The molecule has 9 heteroatoms. The van der Waals surface area contributed by atoms with Crippen LogP contribution in [0.4, 0.5) is 4.39 Å². The van der Waals surface area contributed by atoms with Gasteiger partial charge in [-0.2, -0.15) is 5.10 Å². The minimum Gasteiger partial charge on any atom is -0.463 e. The van der Waals surface area contributed by atoms with Gasteiger partial charge in [-0.15, -0.1) is 12.4 Å². The first-order valence-electron chi connectivity index (χ1n) is 7.48. The number of ether oxygens (including phenoxy) is 2. The average Bonchev–Trinajstić information content (AvgIpc) is 3.13. The van der Waals surface area contributed by atoms with Crippen LogP contribution >= 0.6 is 28.3 Å². The van der Waals surface area contributed by atoms with E-state index in [1.165, 1.54) is 16.9 Å². The Kier molecular flexibility index (Phi) is 6.56. The fourth-order valence-electron chi connectivity index (χ4n) is 2.55. The van der Waals surface area contributed by atoms with Crippen LogP contribution in [0.2, 0.25) is 0 Å². The largest absolute Gasteiger partial charge is 0.463 e. The first-order chi connectivity index (χ1) is 11.1. The number of nitrogens with zero attached hydrogens (tertiary/aromatic N) is 2. The smallest absolute Gasteiger partial charge is 0.358 e. The van der Waals surface area contributed by atoms with Crippen LogP contribution in [-0.4, -0.2) is 35.1 Å². The van der Waals surface area contributed by atoms with E-state index in [9.17, 15) is 9.18 Å². The zero-order chi connectivity index (χ0) is 16.4. The van der Waals surface area contributed by atoms with Crippen molar-refractivity contribution in [3.05, 3.63) is 28.6 Å². The van der Waals surface area contributed by atoms with E-state index in [1.54, 1.807) is 13.0 Å². The lowest BCUT2D eigenvalue weighted by Gasteiger charge is -2.20. The number of hydrogen-bond acceptors (Lipinski definition) is 5. The van der Waals surface area contributed by atoms with Crippen molar-refractivity contribution in [1.82, 2.24) is 15.1 Å². The molecule has 1 aliphatic heterocycles. The van der Waals surface area contributed by atoms with Gasteiger partial charge in [0.15, 0.2) is 0 Å². The van der Waals surface area contributed by atoms with Gasteiger partial charge in [-0.1, -0.05) is 15.9 Å². The van der Waals surface area contributed by atoms with Gasteiger partial charge in [0, 0.05) is 10.7 Å². The van der Waals surface area contributed by atoms with Crippen LogP contribution in [0, 0.1) is 5.82 Å². The second-order valence-corrected chi connectivity index (χ2v) is 6.17. The average molecular weight is 423 g/mol. The standard InChI is InChI=1S/C15H17BrFN3O3.ClH/c1-2-22-15(21)14(23-13-4-3-5-18-13)20-8-10-11(17)6-9(16)7-12(10)19-20;/h6-8,13-14,18H,2-5H2,1H3;1H. The van der Waals surface area contributed by atoms with Crippen LogP contribution in [-0.2, 0) is 14.3 Å². The summed E-state index contributed by atoms with van der Waals surface area (Å²) in [6.45, 7) is 2.79. The molecule has 132 valence electrons. The van der Waals surface area contributed by atoms with E-state index in [0.29, 0.717) is 15.4 Å². The number of hydrogen-bond donors (Lipinski definition) is 1. The Morgan fingerprint density at radius 2 is 2.38 bits per heavy atom. The maximum Gasteiger partial charge on any atom is 0.358 e. The summed E-state index contributed by atoms with van der Waals surface area (Å²) >= 11 is 3.23. The molecule has 0 amide bonds. The highest BCUT2D eigenvalue weighted by Crippen LogP contribution is 2.25. The van der Waals surface area contributed by atoms with Gasteiger partial charge in [-0.05, 0) is 38.4 Å². The molecule has 0 aliphatic carbocycles. The summed E-state index contributed by atoms with van der Waals surface area (Å²) in [5, 5.41) is 7.75. The Labute approximate surface area is 153 Å². The van der Waals surface area contributed by atoms with E-state index < -0.39 is 18.0 Å². The van der Waals surface area contributed by atoms with E-state index >= 15 is 0 Å². The number of fused-ring (bicyclic) bond motifs is 1. The third-order valence-electron chi connectivity index (χ3n) is 3.59. The zero-order valence-corrected chi connectivity index (χ0v) is 15.4. The maximum atomic E-state index is 14.0. The molecule has 0 radical (unpaired) electrons. The van der Waals surface area contributed by atoms with Crippen LogP contribution in [0.25, 0.3) is 10.9 Å². The molecule has 0 spiro atoms. The molecule has 3 rings (SSSR count). The number of halogens is 3. The van der Waals surface area contributed by atoms with Gasteiger partial charge in [-0.3, -0.25) is 5.32 Å². The number of benzene rings is 1. The van der Waals surface area contributed by atoms with Crippen LogP contribution in [0.5, 0.6) is 0 Å². The summed E-state index contributed by atoms with van der Waals surface area (Å²) in [6.07, 6.45) is 1.96. The molecule has 1 saturated heterocycles. The second kappa shape index (κ2) is 8.24. The molecule has 0 bridgehead atoms. The third-order valence-corrected chi connectivity index (χ3v) is 4.05. The molecule has 0 saturated carbocycles. The van der Waals surface area contributed by atoms with Crippen molar-refractivity contribution in [1.29, 1.82) is 0 Å². The van der Waals surface area contributed by atoms with Crippen LogP contribution in [0.15, 0.2) is 22.8 Å². The van der Waals surface area contributed by atoms with Crippen molar-refractivity contribution in [2.45, 2.75) is 32.2 Å². The summed E-state index contributed by atoms with van der Waals surface area (Å²) in [5.41, 5.74) is 0.439. The molecule has 2 atom stereocenters. The molecular formula is C15H18BrClFN3O3. The predicted molar refractivity (Wildman–Crippen MR) is 92.4 cm³/mol. The van der Waals surface area contributed by atoms with E-state index in [1.807, 2.05) is 0 Å². The number of nitrogens with one attached hydrogen (secondary N) is 1. The van der Waals surface area contributed by atoms with E-state index in [-0.39, 0.29) is 25.2 Å². The molecule has 2 heterocycles. The van der Waals surface area contributed by atoms with Gasteiger partial charge in [0.1, 0.15) is 12.0 Å². The second-order valence-electron chi connectivity index (χ2n) is 5.26. The van der Waals surface area contributed by atoms with Gasteiger partial charge in [-0.25, -0.2) is 13.9 Å². The Hall–Kier alpha value is -1.22. The molecule has 6 nitrogen and oxygen atoms in total. The van der Waals surface area contributed by atoms with Gasteiger partial charge in [0.05, 0.1) is 17.5 Å². The number of carbonyl (C=O) groups is 1. The fourth-order valence-corrected chi connectivity index (χ4v) is 2.97. The lowest BCUT2D eigenvalue weighted by Crippen LogP contribution is -2.33. The molecule has 24 heavy (non-hydrogen) atoms. The maximum absolute atomic E-state index is 14.0. The fraction of sp³-hybridized carbons (Fsp3) is 0.467. The highest BCUT2D eigenvalue weighted by molar-refractivity contribution is 9.10. The summed E-state index contributed by atoms with van der Waals surface area (Å²) < 4.78 is 26.8. The number of rotatable bonds is 5. The Morgan fingerprint density at radius 1 is 1.58 bits per heavy atom. The van der Waals surface area contributed by atoms with Gasteiger partial charge in [0.25, 0.3) is 0 Å². The molecule has 1 fully saturated rings. The molecule has 1 aliphatic rings. The minimum absolute atomic E-state index is 0. The van der Waals surface area contributed by atoms with E-state index in [2.05, 4.69) is 26.3 Å². The monoisotopic (exact) mass is 421 g/mol. The number of aromatic nitrogens is 2. The summed E-state index contributed by atoms with van der Waals surface area (Å²) in [7, 11) is 0. The summed E-state index contributed by atoms with van der Waals surface area (Å²) in [5.74, 6) is -0.962. The van der Waals surface area contributed by atoms with Crippen LogP contribution in [0.3, 0.4) is 0 Å². The SMILES string of the molecule is CCOC(=O)C(OC1CCCN1)n1cc2c(F)cc(Br)cc2n1.Cl. The predicted octanol–water partition coefficient (Wildman–Crippen LogP) is 3.15. The lowest BCUT2D eigenvalue weighted by atomic mass is 10.2. The van der Waals surface area contributed by atoms with Crippen molar-refractivity contribution < 1.29 is 18.7 Å². The van der Waals surface area contributed by atoms with Gasteiger partial charge < -0.3 is 9.47 Å². The van der Waals surface area contributed by atoms with Gasteiger partial charge >= 0.3 is 5.97 Å². The molecule has 2 aromatic rings. The summed E-state index contributed by atoms with van der Waals surface area (Å²) in [4.78, 5) is 12.2. The lowest BCUT2D eigenvalue weighted by molar-refractivity contribution is -0.171. The molecule has 1 aromatic heterocycles. The topological polar surface area (TPSA) is 65.4 Å². The van der Waals surface area contributed by atoms with E-state index in [4.69, 9.17) is 9.47 Å². The third kappa shape index (κ3) is 4.05. The number of carbonyl (C=O) groups excluding carboxylic acids is 1. The number of esters is 1. The quantitative estimate of drug-likeness (QED) is 0.750. The van der Waals surface area contributed by atoms with Crippen molar-refractivity contribution in [3.63, 3.8) is 0 Å². The van der Waals surface area contributed by atoms with Crippen LogP contribution < -0.4 is 5.32 Å². The van der Waals surface area contributed by atoms with Crippen LogP contribution in [0.1, 0.15) is 26.0 Å². The van der Waals surface area contributed by atoms with Crippen molar-refractivity contribution in [2.24, 2.45) is 0 Å². The molecular weight excluding hydrogens is 405 g/mol. The zero-order valence-electron chi connectivity index (χ0n) is 13.0. The molecule has 2 unspecified atom stereocenters. The molecule has 1 aromatic carbocycles. The van der Waals surface area contributed by atoms with E-state index in [0.717, 1.165) is 19.4 Å². The normalized spacial score (nSPS) is 18.4.